The van der Waals surface area contributed by atoms with Crippen LogP contribution < -0.4 is 0 Å². The standard InChI is InChI=1S/C11H13FO3/c1-7(11(2,15)10(13)14)8-4-3-5-9(12)6-8/h3-7,15H,1-2H3,(H,13,14). The summed E-state index contributed by atoms with van der Waals surface area (Å²) in [6.07, 6.45) is 0. The number of benzene rings is 1. The van der Waals surface area contributed by atoms with Gasteiger partial charge in [0.15, 0.2) is 5.60 Å². The van der Waals surface area contributed by atoms with Crippen LogP contribution in [0.5, 0.6) is 0 Å². The Morgan fingerprint density at radius 3 is 2.60 bits per heavy atom. The van der Waals surface area contributed by atoms with Crippen LogP contribution in [-0.4, -0.2) is 21.8 Å². The maximum atomic E-state index is 12.9. The molecule has 0 aliphatic heterocycles. The molecule has 0 aromatic heterocycles. The second-order valence-corrected chi connectivity index (χ2v) is 3.73. The Balaban J connectivity index is 3.04. The number of carboxylic acid groups (broad SMARTS) is 1. The number of halogens is 1. The molecule has 0 heterocycles. The first-order valence-corrected chi connectivity index (χ1v) is 4.57. The van der Waals surface area contributed by atoms with Crippen molar-refractivity contribution in [3.05, 3.63) is 35.6 Å². The summed E-state index contributed by atoms with van der Waals surface area (Å²) >= 11 is 0. The second kappa shape index (κ2) is 3.98. The zero-order valence-electron chi connectivity index (χ0n) is 8.57. The molecule has 0 aliphatic carbocycles. The molecule has 0 spiro atoms. The summed E-state index contributed by atoms with van der Waals surface area (Å²) < 4.78 is 12.9. The van der Waals surface area contributed by atoms with Crippen LogP contribution in [0.4, 0.5) is 4.39 Å². The lowest BCUT2D eigenvalue weighted by molar-refractivity contribution is -0.158. The fraction of sp³-hybridized carbons (Fsp3) is 0.364. The van der Waals surface area contributed by atoms with E-state index in [1.165, 1.54) is 25.1 Å². The van der Waals surface area contributed by atoms with Crippen LogP contribution in [0.15, 0.2) is 24.3 Å². The van der Waals surface area contributed by atoms with Gasteiger partial charge in [0, 0.05) is 5.92 Å². The first-order valence-electron chi connectivity index (χ1n) is 4.57. The predicted molar refractivity (Wildman–Crippen MR) is 53.1 cm³/mol. The van der Waals surface area contributed by atoms with Crippen LogP contribution in [0.1, 0.15) is 25.3 Å². The van der Waals surface area contributed by atoms with Gasteiger partial charge in [0.05, 0.1) is 0 Å². The molecule has 82 valence electrons. The largest absolute Gasteiger partial charge is 0.479 e. The van der Waals surface area contributed by atoms with Crippen molar-refractivity contribution >= 4 is 5.97 Å². The number of hydrogen-bond donors (Lipinski definition) is 2. The minimum atomic E-state index is -1.90. The van der Waals surface area contributed by atoms with Gasteiger partial charge >= 0.3 is 5.97 Å². The zero-order chi connectivity index (χ0) is 11.6. The normalized spacial score (nSPS) is 16.8. The van der Waals surface area contributed by atoms with E-state index in [2.05, 4.69) is 0 Å². The van der Waals surface area contributed by atoms with Gasteiger partial charge in [-0.3, -0.25) is 0 Å². The minimum Gasteiger partial charge on any atom is -0.479 e. The van der Waals surface area contributed by atoms with Crippen LogP contribution in [0.3, 0.4) is 0 Å². The highest BCUT2D eigenvalue weighted by atomic mass is 19.1. The number of rotatable bonds is 3. The van der Waals surface area contributed by atoms with E-state index in [0.29, 0.717) is 5.56 Å². The zero-order valence-corrected chi connectivity index (χ0v) is 8.57. The SMILES string of the molecule is CC(c1cccc(F)c1)C(C)(O)C(=O)O. The highest BCUT2D eigenvalue weighted by Gasteiger charge is 2.37. The Labute approximate surface area is 87.2 Å². The molecule has 2 atom stereocenters. The average molecular weight is 212 g/mol. The van der Waals surface area contributed by atoms with Gasteiger partial charge in [0.2, 0.25) is 0 Å². The maximum absolute atomic E-state index is 12.9. The lowest BCUT2D eigenvalue weighted by atomic mass is 9.85. The second-order valence-electron chi connectivity index (χ2n) is 3.73. The molecular weight excluding hydrogens is 199 g/mol. The van der Waals surface area contributed by atoms with Gasteiger partial charge in [-0.2, -0.15) is 0 Å². The van der Waals surface area contributed by atoms with E-state index in [9.17, 15) is 14.3 Å². The molecule has 15 heavy (non-hydrogen) atoms. The lowest BCUT2D eigenvalue weighted by Crippen LogP contribution is -2.40. The van der Waals surface area contributed by atoms with Crippen molar-refractivity contribution in [1.82, 2.24) is 0 Å². The highest BCUT2D eigenvalue weighted by Crippen LogP contribution is 2.28. The summed E-state index contributed by atoms with van der Waals surface area (Å²) in [6.45, 7) is 2.74. The summed E-state index contributed by atoms with van der Waals surface area (Å²) in [4.78, 5) is 10.8. The van der Waals surface area contributed by atoms with Crippen molar-refractivity contribution in [3.8, 4) is 0 Å². The first kappa shape index (κ1) is 11.7. The van der Waals surface area contributed by atoms with E-state index in [0.717, 1.165) is 0 Å². The van der Waals surface area contributed by atoms with Crippen LogP contribution in [0.2, 0.25) is 0 Å². The number of aliphatic hydroxyl groups is 1. The van der Waals surface area contributed by atoms with Gasteiger partial charge in [-0.1, -0.05) is 19.1 Å². The van der Waals surface area contributed by atoms with E-state index in [4.69, 9.17) is 5.11 Å². The molecule has 1 aromatic rings. The number of carboxylic acids is 1. The predicted octanol–water partition coefficient (Wildman–Crippen LogP) is 1.76. The molecular formula is C11H13FO3. The highest BCUT2D eigenvalue weighted by molar-refractivity contribution is 5.78. The van der Waals surface area contributed by atoms with E-state index >= 15 is 0 Å². The van der Waals surface area contributed by atoms with Crippen LogP contribution in [-0.2, 0) is 4.79 Å². The lowest BCUT2D eigenvalue weighted by Gasteiger charge is -2.26. The third-order valence-electron chi connectivity index (χ3n) is 2.62. The quantitative estimate of drug-likeness (QED) is 0.802. The Morgan fingerprint density at radius 1 is 1.53 bits per heavy atom. The molecule has 0 fully saturated rings. The molecule has 1 rings (SSSR count). The fourth-order valence-corrected chi connectivity index (χ4v) is 1.29. The molecule has 0 radical (unpaired) electrons. The van der Waals surface area contributed by atoms with E-state index < -0.39 is 23.3 Å². The van der Waals surface area contributed by atoms with Crippen LogP contribution in [0, 0.1) is 5.82 Å². The van der Waals surface area contributed by atoms with Crippen molar-refractivity contribution in [2.75, 3.05) is 0 Å². The monoisotopic (exact) mass is 212 g/mol. The van der Waals surface area contributed by atoms with E-state index in [1.54, 1.807) is 13.0 Å². The van der Waals surface area contributed by atoms with Crippen LogP contribution in [0.25, 0.3) is 0 Å². The summed E-state index contributed by atoms with van der Waals surface area (Å²) in [5, 5.41) is 18.5. The number of carbonyl (C=O) groups is 1. The van der Waals surface area contributed by atoms with Gasteiger partial charge in [-0.25, -0.2) is 9.18 Å². The van der Waals surface area contributed by atoms with Crippen molar-refractivity contribution in [2.24, 2.45) is 0 Å². The molecule has 0 aliphatic rings. The molecule has 0 saturated carbocycles. The van der Waals surface area contributed by atoms with Crippen molar-refractivity contribution in [2.45, 2.75) is 25.4 Å². The topological polar surface area (TPSA) is 57.5 Å². The summed E-state index contributed by atoms with van der Waals surface area (Å²) in [5.41, 5.74) is -1.43. The molecule has 4 heteroatoms. The van der Waals surface area contributed by atoms with Gasteiger partial charge in [0.25, 0.3) is 0 Å². The molecule has 0 saturated heterocycles. The van der Waals surface area contributed by atoms with Gasteiger partial charge < -0.3 is 10.2 Å². The van der Waals surface area contributed by atoms with Crippen molar-refractivity contribution in [3.63, 3.8) is 0 Å². The summed E-state index contributed by atoms with van der Waals surface area (Å²) in [6, 6.07) is 5.57. The first-order chi connectivity index (χ1) is 6.85. The van der Waals surface area contributed by atoms with Gasteiger partial charge in [-0.15, -0.1) is 0 Å². The maximum Gasteiger partial charge on any atom is 0.336 e. The Hall–Kier alpha value is -1.42. The number of aliphatic carboxylic acids is 1. The summed E-state index contributed by atoms with van der Waals surface area (Å²) in [5.74, 6) is -2.44. The Morgan fingerprint density at radius 2 is 2.13 bits per heavy atom. The third kappa shape index (κ3) is 2.33. The molecule has 2 unspecified atom stereocenters. The van der Waals surface area contributed by atoms with Crippen LogP contribution >= 0.6 is 0 Å². The fourth-order valence-electron chi connectivity index (χ4n) is 1.29. The van der Waals surface area contributed by atoms with Gasteiger partial charge in [0.1, 0.15) is 5.82 Å². The minimum absolute atomic E-state index is 0.444. The van der Waals surface area contributed by atoms with Crippen molar-refractivity contribution < 1.29 is 19.4 Å². The average Bonchev–Trinajstić information content (AvgIpc) is 2.16. The van der Waals surface area contributed by atoms with Gasteiger partial charge in [-0.05, 0) is 24.6 Å². The molecule has 2 N–H and O–H groups in total. The van der Waals surface area contributed by atoms with E-state index in [-0.39, 0.29) is 0 Å². The number of hydrogen-bond acceptors (Lipinski definition) is 2. The Kier molecular flexibility index (Phi) is 3.09. The summed E-state index contributed by atoms with van der Waals surface area (Å²) in [7, 11) is 0. The van der Waals surface area contributed by atoms with Crippen molar-refractivity contribution in [1.29, 1.82) is 0 Å². The molecule has 0 bridgehead atoms. The third-order valence-corrected chi connectivity index (χ3v) is 2.62. The molecule has 0 amide bonds. The van der Waals surface area contributed by atoms with E-state index in [1.807, 2.05) is 0 Å². The molecule has 3 nitrogen and oxygen atoms in total. The molecule has 1 aromatic carbocycles. The smallest absolute Gasteiger partial charge is 0.336 e. The Bertz CT molecular complexity index is 374.